The minimum atomic E-state index is -4.16. The molecule has 1 aliphatic rings. The van der Waals surface area contributed by atoms with Gasteiger partial charge < -0.3 is 10.6 Å². The van der Waals surface area contributed by atoms with E-state index in [0.717, 1.165) is 0 Å². The number of halogens is 3. The summed E-state index contributed by atoms with van der Waals surface area (Å²) in [4.78, 5) is 20.6. The summed E-state index contributed by atoms with van der Waals surface area (Å²) in [6, 6.07) is 0. The van der Waals surface area contributed by atoms with Gasteiger partial charge in [0.05, 0.1) is 12.4 Å². The monoisotopic (exact) mass is 288 g/mol. The molecular weight excluding hydrogens is 273 g/mol. The molecule has 2 heterocycles. The van der Waals surface area contributed by atoms with Gasteiger partial charge in [-0.15, -0.1) is 0 Å². The standard InChI is InChI=1S/C12H15F3N4O/c13-12(14,15)4-8-2-1-3-19(7-8)10-6-17-5-9(18-10)11(16)20/h5-6,8H,1-4,7H2,(H2,16,20)/t8-/m0/s1. The normalized spacial score (nSPS) is 19.9. The number of amides is 1. The lowest BCUT2D eigenvalue weighted by atomic mass is 9.94. The van der Waals surface area contributed by atoms with Gasteiger partial charge in [-0.3, -0.25) is 9.78 Å². The summed E-state index contributed by atoms with van der Waals surface area (Å²) < 4.78 is 37.3. The lowest BCUT2D eigenvalue weighted by molar-refractivity contribution is -0.144. The van der Waals surface area contributed by atoms with Gasteiger partial charge >= 0.3 is 6.18 Å². The second-order valence-corrected chi connectivity index (χ2v) is 4.90. The number of rotatable bonds is 3. The summed E-state index contributed by atoms with van der Waals surface area (Å²) in [5, 5.41) is 0. The van der Waals surface area contributed by atoms with Crippen molar-refractivity contribution in [2.45, 2.75) is 25.4 Å². The minimum absolute atomic E-state index is 0.0143. The van der Waals surface area contributed by atoms with Gasteiger partial charge in [0.1, 0.15) is 11.5 Å². The van der Waals surface area contributed by atoms with Crippen molar-refractivity contribution < 1.29 is 18.0 Å². The van der Waals surface area contributed by atoms with Gasteiger partial charge in [0.25, 0.3) is 5.91 Å². The average molecular weight is 288 g/mol. The molecule has 2 N–H and O–H groups in total. The molecule has 1 fully saturated rings. The van der Waals surface area contributed by atoms with E-state index in [1.807, 2.05) is 0 Å². The first-order chi connectivity index (χ1) is 9.35. The zero-order valence-corrected chi connectivity index (χ0v) is 10.7. The molecule has 1 aromatic heterocycles. The van der Waals surface area contributed by atoms with E-state index in [4.69, 9.17) is 5.73 Å². The Hall–Kier alpha value is -1.86. The lowest BCUT2D eigenvalue weighted by Crippen LogP contribution is -2.38. The number of hydrogen-bond acceptors (Lipinski definition) is 4. The molecule has 0 saturated carbocycles. The first-order valence-corrected chi connectivity index (χ1v) is 6.29. The molecule has 1 aromatic rings. The van der Waals surface area contributed by atoms with E-state index in [9.17, 15) is 18.0 Å². The highest BCUT2D eigenvalue weighted by atomic mass is 19.4. The molecule has 0 aromatic carbocycles. The van der Waals surface area contributed by atoms with Gasteiger partial charge in [-0.1, -0.05) is 0 Å². The number of primary amides is 1. The molecule has 1 amide bonds. The Bertz CT molecular complexity index is 492. The van der Waals surface area contributed by atoms with Crippen LogP contribution in [0.5, 0.6) is 0 Å². The number of carbonyl (C=O) groups excluding carboxylic acids is 1. The van der Waals surface area contributed by atoms with Crippen molar-refractivity contribution in [3.05, 3.63) is 18.1 Å². The van der Waals surface area contributed by atoms with Gasteiger partial charge in [-0.05, 0) is 18.8 Å². The highest BCUT2D eigenvalue weighted by molar-refractivity contribution is 5.90. The number of nitrogens with zero attached hydrogens (tertiary/aromatic N) is 3. The van der Waals surface area contributed by atoms with Crippen molar-refractivity contribution in [2.24, 2.45) is 11.7 Å². The van der Waals surface area contributed by atoms with Crippen molar-refractivity contribution in [2.75, 3.05) is 18.0 Å². The minimum Gasteiger partial charge on any atom is -0.364 e. The van der Waals surface area contributed by atoms with Crippen LogP contribution in [-0.4, -0.2) is 35.1 Å². The maximum absolute atomic E-state index is 12.4. The number of nitrogens with two attached hydrogens (primary N) is 1. The highest BCUT2D eigenvalue weighted by Gasteiger charge is 2.34. The number of anilines is 1. The topological polar surface area (TPSA) is 72.1 Å². The Kier molecular flexibility index (Phi) is 4.10. The molecule has 1 atom stereocenters. The van der Waals surface area contributed by atoms with Crippen LogP contribution in [0.25, 0.3) is 0 Å². The van der Waals surface area contributed by atoms with E-state index in [0.29, 0.717) is 25.2 Å². The van der Waals surface area contributed by atoms with Gasteiger partial charge in [0.15, 0.2) is 0 Å². The zero-order chi connectivity index (χ0) is 14.8. The van der Waals surface area contributed by atoms with E-state index < -0.39 is 24.4 Å². The largest absolute Gasteiger partial charge is 0.389 e. The van der Waals surface area contributed by atoms with Crippen LogP contribution in [0.1, 0.15) is 29.8 Å². The quantitative estimate of drug-likeness (QED) is 0.919. The summed E-state index contributed by atoms with van der Waals surface area (Å²) in [6.07, 6.45) is -1.09. The van der Waals surface area contributed by atoms with Crippen molar-refractivity contribution in [3.8, 4) is 0 Å². The Labute approximate surface area is 114 Å². The van der Waals surface area contributed by atoms with Crippen LogP contribution < -0.4 is 10.6 Å². The average Bonchev–Trinajstić information content (AvgIpc) is 2.37. The third kappa shape index (κ3) is 3.82. The molecule has 0 radical (unpaired) electrons. The fraction of sp³-hybridized carbons (Fsp3) is 0.583. The molecule has 1 saturated heterocycles. The summed E-state index contributed by atoms with van der Waals surface area (Å²) in [7, 11) is 0. The van der Waals surface area contributed by atoms with Crippen LogP contribution >= 0.6 is 0 Å². The van der Waals surface area contributed by atoms with Gasteiger partial charge in [0, 0.05) is 19.5 Å². The smallest absolute Gasteiger partial charge is 0.364 e. The van der Waals surface area contributed by atoms with Gasteiger partial charge in [0.2, 0.25) is 0 Å². The molecule has 8 heteroatoms. The van der Waals surface area contributed by atoms with E-state index in [2.05, 4.69) is 9.97 Å². The van der Waals surface area contributed by atoms with E-state index in [-0.39, 0.29) is 12.2 Å². The predicted molar refractivity (Wildman–Crippen MR) is 66.2 cm³/mol. The van der Waals surface area contributed by atoms with Gasteiger partial charge in [-0.2, -0.15) is 13.2 Å². The van der Waals surface area contributed by atoms with Crippen LogP contribution in [0, 0.1) is 5.92 Å². The van der Waals surface area contributed by atoms with E-state index in [1.165, 1.54) is 12.4 Å². The van der Waals surface area contributed by atoms with Crippen molar-refractivity contribution in [3.63, 3.8) is 0 Å². The first kappa shape index (κ1) is 14.5. The SMILES string of the molecule is NC(=O)c1cncc(N2CCC[C@@H](CC(F)(F)F)C2)n1. The van der Waals surface area contributed by atoms with Crippen LogP contribution in [-0.2, 0) is 0 Å². The summed E-state index contributed by atoms with van der Waals surface area (Å²) in [6.45, 7) is 0.863. The Morgan fingerprint density at radius 3 is 2.85 bits per heavy atom. The molecule has 0 unspecified atom stereocenters. The van der Waals surface area contributed by atoms with E-state index in [1.54, 1.807) is 4.90 Å². The van der Waals surface area contributed by atoms with E-state index >= 15 is 0 Å². The molecule has 0 aliphatic carbocycles. The molecule has 20 heavy (non-hydrogen) atoms. The highest BCUT2D eigenvalue weighted by Crippen LogP contribution is 2.31. The fourth-order valence-electron chi connectivity index (χ4n) is 2.39. The van der Waals surface area contributed by atoms with Crippen molar-refractivity contribution in [1.82, 2.24) is 9.97 Å². The number of alkyl halides is 3. The molecular formula is C12H15F3N4O. The molecule has 110 valence electrons. The zero-order valence-electron chi connectivity index (χ0n) is 10.7. The lowest BCUT2D eigenvalue weighted by Gasteiger charge is -2.33. The van der Waals surface area contributed by atoms with Crippen LogP contribution in [0.4, 0.5) is 19.0 Å². The summed E-state index contributed by atoms with van der Waals surface area (Å²) >= 11 is 0. The second kappa shape index (κ2) is 5.64. The molecule has 0 spiro atoms. The fourth-order valence-corrected chi connectivity index (χ4v) is 2.39. The third-order valence-corrected chi connectivity index (χ3v) is 3.24. The third-order valence-electron chi connectivity index (χ3n) is 3.24. The molecule has 5 nitrogen and oxygen atoms in total. The van der Waals surface area contributed by atoms with Crippen molar-refractivity contribution >= 4 is 11.7 Å². The Morgan fingerprint density at radius 1 is 1.45 bits per heavy atom. The number of hydrogen-bond donors (Lipinski definition) is 1. The molecule has 0 bridgehead atoms. The number of piperidine rings is 1. The maximum atomic E-state index is 12.4. The molecule has 2 rings (SSSR count). The van der Waals surface area contributed by atoms with Crippen LogP contribution in [0.3, 0.4) is 0 Å². The van der Waals surface area contributed by atoms with Gasteiger partial charge in [-0.25, -0.2) is 4.98 Å². The Balaban J connectivity index is 2.09. The van der Waals surface area contributed by atoms with Crippen LogP contribution in [0.15, 0.2) is 12.4 Å². The van der Waals surface area contributed by atoms with Crippen molar-refractivity contribution in [1.29, 1.82) is 0 Å². The van der Waals surface area contributed by atoms with Crippen LogP contribution in [0.2, 0.25) is 0 Å². The number of carbonyl (C=O) groups is 1. The first-order valence-electron chi connectivity index (χ1n) is 6.29. The summed E-state index contributed by atoms with van der Waals surface area (Å²) in [5.41, 5.74) is 5.13. The second-order valence-electron chi connectivity index (χ2n) is 4.90. The predicted octanol–water partition coefficient (Wildman–Crippen LogP) is 1.74. The maximum Gasteiger partial charge on any atom is 0.389 e. The Morgan fingerprint density at radius 2 is 2.20 bits per heavy atom. The molecule has 1 aliphatic heterocycles. The number of aromatic nitrogens is 2. The summed E-state index contributed by atoms with van der Waals surface area (Å²) in [5.74, 6) is -0.765.